The standard InChI is InChI=1S/C10H4Cl5N3/c11-3-1-4(7(13)5(12)2-3)6-8(14)17-10(16)18-9(6)15/h1-2H,(H2,16,17,18). The number of nitrogens with two attached hydrogens (primary N) is 1. The number of rotatable bonds is 1. The maximum Gasteiger partial charge on any atom is 0.222 e. The van der Waals surface area contributed by atoms with Gasteiger partial charge in [-0.2, -0.15) is 0 Å². The first-order valence-electron chi connectivity index (χ1n) is 4.53. The summed E-state index contributed by atoms with van der Waals surface area (Å²) in [4.78, 5) is 7.63. The highest BCUT2D eigenvalue weighted by Gasteiger charge is 2.18. The Morgan fingerprint density at radius 1 is 0.889 bits per heavy atom. The molecule has 1 aromatic heterocycles. The molecule has 2 rings (SSSR count). The summed E-state index contributed by atoms with van der Waals surface area (Å²) in [6.45, 7) is 0. The lowest BCUT2D eigenvalue weighted by Gasteiger charge is -2.10. The Bertz CT molecular complexity index is 606. The van der Waals surface area contributed by atoms with Crippen molar-refractivity contribution in [3.8, 4) is 11.1 Å². The third-order valence-corrected chi connectivity index (χ3v) is 3.67. The van der Waals surface area contributed by atoms with Crippen molar-refractivity contribution in [2.45, 2.75) is 0 Å². The number of nitrogens with zero attached hydrogens (tertiary/aromatic N) is 2. The second kappa shape index (κ2) is 5.27. The van der Waals surface area contributed by atoms with E-state index >= 15 is 0 Å². The van der Waals surface area contributed by atoms with Crippen molar-refractivity contribution in [3.63, 3.8) is 0 Å². The van der Waals surface area contributed by atoms with Crippen LogP contribution < -0.4 is 5.73 Å². The second-order valence-corrected chi connectivity index (χ2v) is 5.23. The van der Waals surface area contributed by atoms with Gasteiger partial charge in [-0.15, -0.1) is 0 Å². The predicted octanol–water partition coefficient (Wildman–Crippen LogP) is 4.99. The van der Waals surface area contributed by atoms with Crippen LogP contribution in [0.4, 0.5) is 5.95 Å². The van der Waals surface area contributed by atoms with Gasteiger partial charge < -0.3 is 5.73 Å². The number of hydrogen-bond acceptors (Lipinski definition) is 3. The predicted molar refractivity (Wildman–Crippen MR) is 76.9 cm³/mol. The first kappa shape index (κ1) is 14.0. The van der Waals surface area contributed by atoms with E-state index in [1.165, 1.54) is 6.07 Å². The van der Waals surface area contributed by atoms with Gasteiger partial charge in [-0.3, -0.25) is 0 Å². The summed E-state index contributed by atoms with van der Waals surface area (Å²) in [5.41, 5.74) is 6.21. The fraction of sp³-hybridized carbons (Fsp3) is 0. The maximum atomic E-state index is 6.09. The zero-order valence-corrected chi connectivity index (χ0v) is 12.3. The largest absolute Gasteiger partial charge is 0.368 e. The van der Waals surface area contributed by atoms with Crippen LogP contribution in [0.1, 0.15) is 0 Å². The van der Waals surface area contributed by atoms with Crippen LogP contribution in [0.2, 0.25) is 25.4 Å². The number of nitrogen functional groups attached to an aromatic ring is 1. The summed E-state index contributed by atoms with van der Waals surface area (Å²) in [5.74, 6) is -0.0296. The summed E-state index contributed by atoms with van der Waals surface area (Å²) in [5, 5.41) is 1.09. The lowest BCUT2D eigenvalue weighted by molar-refractivity contribution is 1.19. The Morgan fingerprint density at radius 3 is 2.00 bits per heavy atom. The summed E-state index contributed by atoms with van der Waals surface area (Å²) >= 11 is 29.9. The summed E-state index contributed by atoms with van der Waals surface area (Å²) < 4.78 is 0. The molecule has 94 valence electrons. The van der Waals surface area contributed by atoms with Crippen molar-refractivity contribution in [1.29, 1.82) is 0 Å². The second-order valence-electron chi connectivity index (χ2n) is 3.29. The van der Waals surface area contributed by atoms with Gasteiger partial charge in [0, 0.05) is 10.6 Å². The van der Waals surface area contributed by atoms with E-state index in [0.29, 0.717) is 16.1 Å². The summed E-state index contributed by atoms with van der Waals surface area (Å²) in [6.07, 6.45) is 0. The van der Waals surface area contributed by atoms with Crippen LogP contribution in [0.5, 0.6) is 0 Å². The molecule has 0 saturated heterocycles. The lowest BCUT2D eigenvalue weighted by atomic mass is 10.1. The van der Waals surface area contributed by atoms with E-state index in [1.54, 1.807) is 6.07 Å². The molecule has 0 saturated carbocycles. The Hall–Kier alpha value is -0.450. The molecule has 1 aromatic carbocycles. The van der Waals surface area contributed by atoms with Crippen molar-refractivity contribution < 1.29 is 0 Å². The molecule has 0 bridgehead atoms. The lowest BCUT2D eigenvalue weighted by Crippen LogP contribution is -1.98. The fourth-order valence-electron chi connectivity index (χ4n) is 1.38. The molecule has 2 N–H and O–H groups in total. The topological polar surface area (TPSA) is 51.8 Å². The van der Waals surface area contributed by atoms with Gasteiger partial charge in [-0.1, -0.05) is 58.0 Å². The smallest absolute Gasteiger partial charge is 0.222 e. The van der Waals surface area contributed by atoms with Gasteiger partial charge >= 0.3 is 0 Å². The quantitative estimate of drug-likeness (QED) is 0.586. The average molecular weight is 343 g/mol. The summed E-state index contributed by atoms with van der Waals surface area (Å²) in [7, 11) is 0. The first-order chi connectivity index (χ1) is 8.40. The Kier molecular flexibility index (Phi) is 4.09. The van der Waals surface area contributed by atoms with Gasteiger partial charge in [0.15, 0.2) is 0 Å². The van der Waals surface area contributed by atoms with Crippen LogP contribution in [-0.4, -0.2) is 9.97 Å². The molecule has 0 amide bonds. The van der Waals surface area contributed by atoms with Crippen molar-refractivity contribution in [3.05, 3.63) is 37.5 Å². The Labute approximate surface area is 128 Å². The van der Waals surface area contributed by atoms with E-state index in [9.17, 15) is 0 Å². The highest BCUT2D eigenvalue weighted by molar-refractivity contribution is 6.46. The fourth-order valence-corrected chi connectivity index (χ4v) is 2.68. The molecule has 1 heterocycles. The highest BCUT2D eigenvalue weighted by atomic mass is 35.5. The van der Waals surface area contributed by atoms with Crippen LogP contribution in [0.25, 0.3) is 11.1 Å². The molecular formula is C10H4Cl5N3. The molecule has 18 heavy (non-hydrogen) atoms. The van der Waals surface area contributed by atoms with E-state index < -0.39 is 0 Å². The van der Waals surface area contributed by atoms with Crippen LogP contribution in [0, 0.1) is 0 Å². The molecule has 0 radical (unpaired) electrons. The average Bonchev–Trinajstić information content (AvgIpc) is 2.23. The minimum absolute atomic E-state index is 0.0296. The zero-order valence-electron chi connectivity index (χ0n) is 8.52. The third-order valence-electron chi connectivity index (χ3n) is 2.10. The molecule has 0 unspecified atom stereocenters. The van der Waals surface area contributed by atoms with Gasteiger partial charge in [-0.25, -0.2) is 9.97 Å². The normalized spacial score (nSPS) is 10.7. The van der Waals surface area contributed by atoms with Crippen LogP contribution >= 0.6 is 58.0 Å². The zero-order chi connectivity index (χ0) is 13.4. The van der Waals surface area contributed by atoms with Crippen molar-refractivity contribution in [2.24, 2.45) is 0 Å². The number of benzene rings is 1. The number of anilines is 1. The van der Waals surface area contributed by atoms with Crippen LogP contribution in [0.15, 0.2) is 12.1 Å². The van der Waals surface area contributed by atoms with E-state index in [1.807, 2.05) is 0 Å². The number of aromatic nitrogens is 2. The monoisotopic (exact) mass is 341 g/mol. The van der Waals surface area contributed by atoms with E-state index in [4.69, 9.17) is 63.7 Å². The van der Waals surface area contributed by atoms with Crippen molar-refractivity contribution in [2.75, 3.05) is 5.73 Å². The van der Waals surface area contributed by atoms with Gasteiger partial charge in [0.2, 0.25) is 5.95 Å². The number of hydrogen-bond donors (Lipinski definition) is 1. The first-order valence-corrected chi connectivity index (χ1v) is 6.42. The SMILES string of the molecule is Nc1nc(Cl)c(-c2cc(Cl)cc(Cl)c2Cl)c(Cl)n1. The molecule has 0 aliphatic rings. The third kappa shape index (κ3) is 2.60. The van der Waals surface area contributed by atoms with Gasteiger partial charge in [0.05, 0.1) is 15.6 Å². The van der Waals surface area contributed by atoms with Gasteiger partial charge in [0.1, 0.15) is 10.3 Å². The molecule has 2 aromatic rings. The van der Waals surface area contributed by atoms with Crippen molar-refractivity contribution >= 4 is 64.0 Å². The molecule has 0 spiro atoms. The molecule has 3 nitrogen and oxygen atoms in total. The molecule has 0 aliphatic heterocycles. The molecular weight excluding hydrogens is 339 g/mol. The molecule has 0 aliphatic carbocycles. The van der Waals surface area contributed by atoms with Crippen molar-refractivity contribution in [1.82, 2.24) is 9.97 Å². The molecule has 0 atom stereocenters. The maximum absolute atomic E-state index is 6.09. The Balaban J connectivity index is 2.77. The minimum Gasteiger partial charge on any atom is -0.368 e. The van der Waals surface area contributed by atoms with Gasteiger partial charge in [0.25, 0.3) is 0 Å². The minimum atomic E-state index is -0.0296. The molecule has 0 fully saturated rings. The van der Waals surface area contributed by atoms with Gasteiger partial charge in [-0.05, 0) is 12.1 Å². The highest BCUT2D eigenvalue weighted by Crippen LogP contribution is 2.41. The Morgan fingerprint density at radius 2 is 1.44 bits per heavy atom. The van der Waals surface area contributed by atoms with E-state index in [-0.39, 0.29) is 26.3 Å². The summed E-state index contributed by atoms with van der Waals surface area (Å²) in [6, 6.07) is 3.08. The molecule has 8 heteroatoms. The number of halogens is 5. The van der Waals surface area contributed by atoms with Crippen LogP contribution in [0.3, 0.4) is 0 Å². The van der Waals surface area contributed by atoms with E-state index in [0.717, 1.165) is 0 Å². The van der Waals surface area contributed by atoms with E-state index in [2.05, 4.69) is 9.97 Å². The van der Waals surface area contributed by atoms with Crippen LogP contribution in [-0.2, 0) is 0 Å².